The Labute approximate surface area is 147 Å². The van der Waals surface area contributed by atoms with E-state index in [1.165, 1.54) is 7.11 Å². The normalized spacial score (nSPS) is 10.6. The summed E-state index contributed by atoms with van der Waals surface area (Å²) in [7, 11) is 1.34. The Kier molecular flexibility index (Phi) is 6.34. The lowest BCUT2D eigenvalue weighted by Crippen LogP contribution is -1.99. The van der Waals surface area contributed by atoms with Crippen molar-refractivity contribution >= 4 is 17.9 Å². The number of hydrogen-bond acceptors (Lipinski definition) is 5. The molecule has 0 aromatic heterocycles. The van der Waals surface area contributed by atoms with Gasteiger partial charge in [0, 0.05) is 11.8 Å². The first-order valence-corrected chi connectivity index (χ1v) is 7.91. The number of allylic oxidation sites excluding steroid dienone is 1. The van der Waals surface area contributed by atoms with Crippen molar-refractivity contribution in [3.63, 3.8) is 0 Å². The van der Waals surface area contributed by atoms with Gasteiger partial charge in [-0.3, -0.25) is 4.99 Å². The molecule has 0 saturated carbocycles. The molecule has 0 fully saturated rings. The van der Waals surface area contributed by atoms with E-state index < -0.39 is 0 Å². The minimum atomic E-state index is -0.385. The predicted octanol–water partition coefficient (Wildman–Crippen LogP) is 4.06. The van der Waals surface area contributed by atoms with Gasteiger partial charge in [0.15, 0.2) is 11.5 Å². The van der Waals surface area contributed by atoms with Gasteiger partial charge < -0.3 is 14.6 Å². The van der Waals surface area contributed by atoms with E-state index in [0.29, 0.717) is 30.0 Å². The average molecular weight is 339 g/mol. The summed E-state index contributed by atoms with van der Waals surface area (Å²) in [5.74, 6) is 0.162. The number of ether oxygens (including phenoxy) is 2. The van der Waals surface area contributed by atoms with Crippen molar-refractivity contribution in [3.8, 4) is 11.5 Å². The molecule has 5 heteroatoms. The number of phenols is 1. The van der Waals surface area contributed by atoms with Crippen molar-refractivity contribution in [2.45, 2.75) is 13.3 Å². The zero-order valence-corrected chi connectivity index (χ0v) is 14.4. The smallest absolute Gasteiger partial charge is 0.337 e. The third-order valence-corrected chi connectivity index (χ3v) is 3.49. The van der Waals surface area contributed by atoms with E-state index in [-0.39, 0.29) is 11.7 Å². The predicted molar refractivity (Wildman–Crippen MR) is 98.2 cm³/mol. The van der Waals surface area contributed by atoms with E-state index in [1.54, 1.807) is 42.6 Å². The maximum Gasteiger partial charge on any atom is 0.337 e. The highest BCUT2D eigenvalue weighted by atomic mass is 16.5. The molecule has 0 saturated heterocycles. The highest BCUT2D eigenvalue weighted by Gasteiger charge is 2.09. The van der Waals surface area contributed by atoms with Gasteiger partial charge in [-0.15, -0.1) is 6.58 Å². The Balaban J connectivity index is 2.27. The van der Waals surface area contributed by atoms with E-state index in [9.17, 15) is 9.90 Å². The Bertz CT molecular complexity index is 779. The van der Waals surface area contributed by atoms with E-state index in [1.807, 2.05) is 13.0 Å². The van der Waals surface area contributed by atoms with Crippen LogP contribution < -0.4 is 4.74 Å². The number of methoxy groups -OCH3 is 1. The molecule has 0 heterocycles. The number of hydrogen-bond donors (Lipinski definition) is 1. The minimum Gasteiger partial charge on any atom is -0.504 e. The molecule has 2 aromatic rings. The summed E-state index contributed by atoms with van der Waals surface area (Å²) in [4.78, 5) is 15.8. The number of rotatable bonds is 7. The van der Waals surface area contributed by atoms with Gasteiger partial charge >= 0.3 is 5.97 Å². The van der Waals surface area contributed by atoms with Crippen LogP contribution >= 0.6 is 0 Å². The van der Waals surface area contributed by atoms with Gasteiger partial charge in [0.2, 0.25) is 0 Å². The Morgan fingerprint density at radius 1 is 1.28 bits per heavy atom. The molecule has 2 rings (SSSR count). The molecule has 0 aliphatic rings. The number of carbonyl (C=O) groups is 1. The summed E-state index contributed by atoms with van der Waals surface area (Å²) in [6.07, 6.45) is 3.93. The highest BCUT2D eigenvalue weighted by molar-refractivity contribution is 5.90. The van der Waals surface area contributed by atoms with Crippen LogP contribution in [0.15, 0.2) is 54.0 Å². The molecule has 5 nitrogen and oxygen atoms in total. The van der Waals surface area contributed by atoms with Crippen molar-refractivity contribution in [1.82, 2.24) is 0 Å². The summed E-state index contributed by atoms with van der Waals surface area (Å²) in [5, 5.41) is 10.2. The van der Waals surface area contributed by atoms with Gasteiger partial charge in [0.05, 0.1) is 25.0 Å². The molecule has 0 unspecified atom stereocenters. The second-order valence-electron chi connectivity index (χ2n) is 5.25. The summed E-state index contributed by atoms with van der Waals surface area (Å²) in [6.45, 7) is 6.01. The molecular formula is C20H21NO4. The lowest BCUT2D eigenvalue weighted by Gasteiger charge is -2.10. The zero-order valence-electron chi connectivity index (χ0n) is 14.4. The first-order chi connectivity index (χ1) is 12.1. The van der Waals surface area contributed by atoms with Gasteiger partial charge in [-0.25, -0.2) is 4.79 Å². The van der Waals surface area contributed by atoms with E-state index >= 15 is 0 Å². The van der Waals surface area contributed by atoms with Crippen LogP contribution in [0.3, 0.4) is 0 Å². The summed E-state index contributed by atoms with van der Waals surface area (Å²) >= 11 is 0. The van der Waals surface area contributed by atoms with Crippen molar-refractivity contribution in [1.29, 1.82) is 0 Å². The van der Waals surface area contributed by atoms with Crippen LogP contribution in [0.2, 0.25) is 0 Å². The standard InChI is InChI=1S/C20H21NO4/c1-4-6-16-11-14(12-18(19(16)22)25-5-2)13-21-17-9-7-15(8-10-17)20(23)24-3/h4,7-13,22H,1,5-6H2,2-3H3. The van der Waals surface area contributed by atoms with E-state index in [4.69, 9.17) is 4.74 Å². The lowest BCUT2D eigenvalue weighted by atomic mass is 10.1. The zero-order chi connectivity index (χ0) is 18.2. The van der Waals surface area contributed by atoms with Crippen molar-refractivity contribution < 1.29 is 19.4 Å². The molecule has 130 valence electrons. The van der Waals surface area contributed by atoms with Crippen LogP contribution in [0, 0.1) is 0 Å². The Hall–Kier alpha value is -3.08. The van der Waals surface area contributed by atoms with Crippen LogP contribution in [-0.4, -0.2) is 31.0 Å². The second kappa shape index (κ2) is 8.68. The Morgan fingerprint density at radius 3 is 2.60 bits per heavy atom. The Morgan fingerprint density at radius 2 is 2.00 bits per heavy atom. The van der Waals surface area contributed by atoms with Crippen molar-refractivity contribution in [2.24, 2.45) is 4.99 Å². The van der Waals surface area contributed by atoms with Gasteiger partial charge in [-0.05, 0) is 55.3 Å². The van der Waals surface area contributed by atoms with Gasteiger partial charge in [0.25, 0.3) is 0 Å². The molecule has 1 N–H and O–H groups in total. The lowest BCUT2D eigenvalue weighted by molar-refractivity contribution is 0.0601. The fourth-order valence-electron chi connectivity index (χ4n) is 2.29. The number of nitrogens with zero attached hydrogens (tertiary/aromatic N) is 1. The SMILES string of the molecule is C=CCc1cc(C=Nc2ccc(C(=O)OC)cc2)cc(OCC)c1O. The molecule has 0 radical (unpaired) electrons. The van der Waals surface area contributed by atoms with Crippen LogP contribution in [0.4, 0.5) is 5.69 Å². The first kappa shape index (κ1) is 18.3. The number of phenolic OH excluding ortho intramolecular Hbond substituents is 1. The molecule has 2 aromatic carbocycles. The number of aliphatic imine (C=N–C) groups is 1. The van der Waals surface area contributed by atoms with Crippen molar-refractivity contribution in [3.05, 3.63) is 65.7 Å². The highest BCUT2D eigenvalue weighted by Crippen LogP contribution is 2.32. The number of esters is 1. The maximum atomic E-state index is 11.4. The van der Waals surface area contributed by atoms with Gasteiger partial charge in [-0.2, -0.15) is 0 Å². The van der Waals surface area contributed by atoms with Gasteiger partial charge in [0.1, 0.15) is 0 Å². The largest absolute Gasteiger partial charge is 0.504 e. The van der Waals surface area contributed by atoms with Crippen LogP contribution in [0.25, 0.3) is 0 Å². The van der Waals surface area contributed by atoms with Crippen LogP contribution in [-0.2, 0) is 11.2 Å². The summed E-state index contributed by atoms with van der Waals surface area (Å²) in [6, 6.07) is 10.4. The molecule has 25 heavy (non-hydrogen) atoms. The molecule has 0 bridgehead atoms. The quantitative estimate of drug-likeness (QED) is 0.469. The minimum absolute atomic E-state index is 0.126. The van der Waals surface area contributed by atoms with Crippen LogP contribution in [0.1, 0.15) is 28.4 Å². The summed E-state index contributed by atoms with van der Waals surface area (Å²) in [5.41, 5.74) is 2.69. The third-order valence-electron chi connectivity index (χ3n) is 3.49. The molecule has 0 atom stereocenters. The fraction of sp³-hybridized carbons (Fsp3) is 0.200. The average Bonchev–Trinajstić information content (AvgIpc) is 2.63. The second-order valence-corrected chi connectivity index (χ2v) is 5.25. The molecule has 0 aliphatic heterocycles. The number of aromatic hydroxyl groups is 1. The summed E-state index contributed by atoms with van der Waals surface area (Å²) < 4.78 is 10.1. The molecule has 0 amide bonds. The topological polar surface area (TPSA) is 68.1 Å². The maximum absolute atomic E-state index is 11.4. The van der Waals surface area contributed by atoms with E-state index in [0.717, 1.165) is 11.1 Å². The molecule has 0 aliphatic carbocycles. The van der Waals surface area contributed by atoms with Crippen molar-refractivity contribution in [2.75, 3.05) is 13.7 Å². The third kappa shape index (κ3) is 4.70. The monoisotopic (exact) mass is 339 g/mol. The molecular weight excluding hydrogens is 318 g/mol. The fourth-order valence-corrected chi connectivity index (χ4v) is 2.29. The molecule has 0 spiro atoms. The van der Waals surface area contributed by atoms with Crippen LogP contribution in [0.5, 0.6) is 11.5 Å². The number of carbonyl (C=O) groups excluding carboxylic acids is 1. The first-order valence-electron chi connectivity index (χ1n) is 7.91. The van der Waals surface area contributed by atoms with Gasteiger partial charge in [-0.1, -0.05) is 6.08 Å². The van der Waals surface area contributed by atoms with E-state index in [2.05, 4.69) is 16.3 Å². The number of benzene rings is 2.